The van der Waals surface area contributed by atoms with Gasteiger partial charge in [0, 0.05) is 0 Å². The van der Waals surface area contributed by atoms with E-state index in [1.807, 2.05) is 6.07 Å². The quantitative estimate of drug-likeness (QED) is 0.174. The molecule has 0 saturated carbocycles. The molecule has 0 atom stereocenters. The standard InChI is InChI=1S/C26H38NO.HI/c1-4-27(5-2,6-3)22-12-7-8-13-23-28-26-20-18-25(19-21-26)17-16-24-14-10-9-11-15-24;/h9-11,14-21H,4-8,12-13,22-23H2,1-3H3;1H/q+1;/p-1/b17-16+;. The van der Waals surface area contributed by atoms with Gasteiger partial charge in [-0.2, -0.15) is 0 Å². The van der Waals surface area contributed by atoms with Gasteiger partial charge in [0.2, 0.25) is 0 Å². The van der Waals surface area contributed by atoms with Crippen molar-refractivity contribution >= 4 is 12.2 Å². The van der Waals surface area contributed by atoms with Gasteiger partial charge in [0.05, 0.1) is 32.8 Å². The fourth-order valence-electron chi connectivity index (χ4n) is 3.67. The molecule has 29 heavy (non-hydrogen) atoms. The van der Waals surface area contributed by atoms with Gasteiger partial charge in [-0.1, -0.05) is 54.6 Å². The second-order valence-corrected chi connectivity index (χ2v) is 7.59. The highest BCUT2D eigenvalue weighted by Crippen LogP contribution is 2.16. The van der Waals surface area contributed by atoms with E-state index in [1.54, 1.807) is 0 Å². The number of nitrogens with zero attached hydrogens (tertiary/aromatic N) is 1. The molecule has 2 rings (SSSR count). The molecule has 0 aliphatic rings. The summed E-state index contributed by atoms with van der Waals surface area (Å²) in [6.07, 6.45) is 9.32. The molecule has 0 fully saturated rings. The molecule has 0 radical (unpaired) electrons. The minimum absolute atomic E-state index is 0. The summed E-state index contributed by atoms with van der Waals surface area (Å²) in [5.74, 6) is 0.968. The summed E-state index contributed by atoms with van der Waals surface area (Å²) in [6.45, 7) is 12.9. The smallest absolute Gasteiger partial charge is 0.119 e. The maximum Gasteiger partial charge on any atom is 0.119 e. The van der Waals surface area contributed by atoms with Crippen LogP contribution in [0, 0.1) is 0 Å². The van der Waals surface area contributed by atoms with Crippen LogP contribution >= 0.6 is 0 Å². The van der Waals surface area contributed by atoms with Crippen LogP contribution in [-0.2, 0) is 0 Å². The first-order valence-electron chi connectivity index (χ1n) is 11.0. The van der Waals surface area contributed by atoms with Crippen molar-refractivity contribution in [3.63, 3.8) is 0 Å². The minimum atomic E-state index is 0. The highest BCUT2D eigenvalue weighted by Gasteiger charge is 2.19. The summed E-state index contributed by atoms with van der Waals surface area (Å²) in [6, 6.07) is 18.8. The average Bonchev–Trinajstić information content (AvgIpc) is 2.76. The SMILES string of the molecule is CC[N+](CC)(CC)CCCCCCOc1ccc(/C=C/c2ccccc2)cc1.[I-]. The fourth-order valence-corrected chi connectivity index (χ4v) is 3.67. The third-order valence-corrected chi connectivity index (χ3v) is 5.96. The van der Waals surface area contributed by atoms with Crippen LogP contribution in [0.15, 0.2) is 54.6 Å². The molecule has 0 aromatic heterocycles. The van der Waals surface area contributed by atoms with Crippen LogP contribution in [0.2, 0.25) is 0 Å². The largest absolute Gasteiger partial charge is 1.00 e. The normalized spacial score (nSPS) is 11.4. The minimum Gasteiger partial charge on any atom is -1.00 e. The first-order chi connectivity index (χ1) is 13.7. The molecule has 0 unspecified atom stereocenters. The molecule has 0 aliphatic carbocycles. The van der Waals surface area contributed by atoms with E-state index < -0.39 is 0 Å². The van der Waals surface area contributed by atoms with Crippen LogP contribution in [-0.4, -0.2) is 37.3 Å². The lowest BCUT2D eigenvalue weighted by molar-refractivity contribution is -0.923. The van der Waals surface area contributed by atoms with Crippen molar-refractivity contribution in [2.24, 2.45) is 0 Å². The van der Waals surface area contributed by atoms with Gasteiger partial charge in [-0.25, -0.2) is 0 Å². The lowest BCUT2D eigenvalue weighted by atomic mass is 10.1. The van der Waals surface area contributed by atoms with Crippen LogP contribution in [0.4, 0.5) is 0 Å². The zero-order chi connectivity index (χ0) is 20.1. The summed E-state index contributed by atoms with van der Waals surface area (Å²) in [5.41, 5.74) is 2.41. The average molecular weight is 508 g/mol. The van der Waals surface area contributed by atoms with Gasteiger partial charge in [-0.05, 0) is 69.7 Å². The van der Waals surface area contributed by atoms with Crippen LogP contribution in [0.25, 0.3) is 12.2 Å². The Balaban J connectivity index is 0.00000420. The lowest BCUT2D eigenvalue weighted by Crippen LogP contribution is -3.00. The van der Waals surface area contributed by atoms with E-state index in [1.165, 1.54) is 61.1 Å². The Morgan fingerprint density at radius 1 is 0.690 bits per heavy atom. The molecule has 0 bridgehead atoms. The summed E-state index contributed by atoms with van der Waals surface area (Å²) in [7, 11) is 0. The number of benzene rings is 2. The Labute approximate surface area is 195 Å². The van der Waals surface area contributed by atoms with Gasteiger partial charge in [0.15, 0.2) is 0 Å². The number of unbranched alkanes of at least 4 members (excludes halogenated alkanes) is 3. The molecular weight excluding hydrogens is 469 g/mol. The number of ether oxygens (including phenoxy) is 1. The Hall–Kier alpha value is -1.33. The summed E-state index contributed by atoms with van der Waals surface area (Å²) >= 11 is 0. The number of halogens is 1. The molecule has 0 spiro atoms. The number of quaternary nitrogens is 1. The van der Waals surface area contributed by atoms with E-state index in [2.05, 4.69) is 81.5 Å². The maximum atomic E-state index is 5.91. The van der Waals surface area contributed by atoms with E-state index >= 15 is 0 Å². The number of rotatable bonds is 13. The maximum absolute atomic E-state index is 5.91. The molecule has 0 aliphatic heterocycles. The van der Waals surface area contributed by atoms with Gasteiger partial charge in [0.25, 0.3) is 0 Å². The van der Waals surface area contributed by atoms with E-state index in [9.17, 15) is 0 Å². The van der Waals surface area contributed by atoms with Crippen LogP contribution in [0.1, 0.15) is 57.6 Å². The first kappa shape index (κ1) is 25.7. The molecule has 2 nitrogen and oxygen atoms in total. The summed E-state index contributed by atoms with van der Waals surface area (Å²) in [5, 5.41) is 0. The topological polar surface area (TPSA) is 9.23 Å². The highest BCUT2D eigenvalue weighted by atomic mass is 127. The molecule has 0 N–H and O–H groups in total. The predicted octanol–water partition coefficient (Wildman–Crippen LogP) is 3.68. The van der Waals surface area contributed by atoms with E-state index in [0.717, 1.165) is 18.8 Å². The van der Waals surface area contributed by atoms with Crippen molar-refractivity contribution in [1.29, 1.82) is 0 Å². The van der Waals surface area contributed by atoms with Crippen molar-refractivity contribution < 1.29 is 33.2 Å². The zero-order valence-corrected chi connectivity index (χ0v) is 20.6. The van der Waals surface area contributed by atoms with E-state index in [-0.39, 0.29) is 24.0 Å². The van der Waals surface area contributed by atoms with Crippen molar-refractivity contribution in [1.82, 2.24) is 0 Å². The fraction of sp³-hybridized carbons (Fsp3) is 0.462. The molecule has 160 valence electrons. The van der Waals surface area contributed by atoms with Crippen LogP contribution in [0.5, 0.6) is 5.75 Å². The third kappa shape index (κ3) is 9.35. The van der Waals surface area contributed by atoms with Gasteiger partial charge < -0.3 is 33.2 Å². The second-order valence-electron chi connectivity index (χ2n) is 7.59. The summed E-state index contributed by atoms with van der Waals surface area (Å²) in [4.78, 5) is 0. The van der Waals surface area contributed by atoms with E-state index in [0.29, 0.717) is 0 Å². The van der Waals surface area contributed by atoms with Crippen molar-refractivity contribution in [3.05, 3.63) is 65.7 Å². The van der Waals surface area contributed by atoms with Gasteiger partial charge in [-0.15, -0.1) is 0 Å². The summed E-state index contributed by atoms with van der Waals surface area (Å²) < 4.78 is 7.17. The van der Waals surface area contributed by atoms with Crippen LogP contribution < -0.4 is 28.7 Å². The second kappa shape index (κ2) is 14.6. The molecule has 2 aromatic carbocycles. The third-order valence-electron chi connectivity index (χ3n) is 5.96. The Morgan fingerprint density at radius 3 is 1.83 bits per heavy atom. The monoisotopic (exact) mass is 507 g/mol. The number of hydrogen-bond donors (Lipinski definition) is 0. The van der Waals surface area contributed by atoms with Gasteiger partial charge in [0.1, 0.15) is 5.75 Å². The lowest BCUT2D eigenvalue weighted by Gasteiger charge is -2.35. The Kier molecular flexibility index (Phi) is 13.0. The highest BCUT2D eigenvalue weighted by molar-refractivity contribution is 5.69. The van der Waals surface area contributed by atoms with Gasteiger partial charge in [-0.3, -0.25) is 0 Å². The van der Waals surface area contributed by atoms with E-state index in [4.69, 9.17) is 4.74 Å². The van der Waals surface area contributed by atoms with Crippen molar-refractivity contribution in [3.8, 4) is 5.75 Å². The number of hydrogen-bond acceptors (Lipinski definition) is 1. The van der Waals surface area contributed by atoms with Crippen molar-refractivity contribution in [2.75, 3.05) is 32.8 Å². The molecule has 0 amide bonds. The molecule has 3 heteroatoms. The molecule has 0 heterocycles. The molecular formula is C26H38INO. The Morgan fingerprint density at radius 2 is 1.24 bits per heavy atom. The predicted molar refractivity (Wildman–Crippen MR) is 123 cm³/mol. The van der Waals surface area contributed by atoms with Crippen molar-refractivity contribution in [2.45, 2.75) is 46.5 Å². The zero-order valence-electron chi connectivity index (χ0n) is 18.4. The van der Waals surface area contributed by atoms with Crippen LogP contribution in [0.3, 0.4) is 0 Å². The molecule has 0 saturated heterocycles. The molecule has 2 aromatic rings. The first-order valence-corrected chi connectivity index (χ1v) is 11.0. The van der Waals surface area contributed by atoms with Gasteiger partial charge >= 0.3 is 0 Å². The Bertz CT molecular complexity index is 669.